The van der Waals surface area contributed by atoms with E-state index in [-0.39, 0.29) is 36.8 Å². The summed E-state index contributed by atoms with van der Waals surface area (Å²) >= 11 is 12.4. The molecule has 2 unspecified atom stereocenters. The standard InChI is InChI=1S/C25H27Cl2N3O4/c26-17-3-1-16(2-4-17)20-13-19(5-6-21(20)27)34-18-7-10-29(11-8-18)25(32)30-12-9-23-22(14-30)28-24(31)15-33-23/h1-6,13,18,22-23H,7-12,14-15H2,(H,28,31). The van der Waals surface area contributed by atoms with Gasteiger partial charge in [0.2, 0.25) is 5.91 Å². The lowest BCUT2D eigenvalue weighted by molar-refractivity contribution is -0.139. The van der Waals surface area contributed by atoms with E-state index in [1.165, 1.54) is 0 Å². The van der Waals surface area contributed by atoms with Gasteiger partial charge in [0, 0.05) is 54.6 Å². The maximum absolute atomic E-state index is 13.1. The molecule has 7 nitrogen and oxygen atoms in total. The van der Waals surface area contributed by atoms with Crippen molar-refractivity contribution in [2.75, 3.05) is 32.8 Å². The van der Waals surface area contributed by atoms with Crippen LogP contribution in [-0.2, 0) is 9.53 Å². The summed E-state index contributed by atoms with van der Waals surface area (Å²) in [4.78, 5) is 28.4. The topological polar surface area (TPSA) is 71.1 Å². The molecule has 3 aliphatic rings. The quantitative estimate of drug-likeness (QED) is 0.680. The highest BCUT2D eigenvalue weighted by molar-refractivity contribution is 6.33. The minimum absolute atomic E-state index is 0.00183. The number of carbonyl (C=O) groups is 2. The number of nitrogens with one attached hydrogen (secondary N) is 1. The number of nitrogens with zero attached hydrogens (tertiary/aromatic N) is 2. The lowest BCUT2D eigenvalue weighted by Gasteiger charge is -2.43. The Morgan fingerprint density at radius 3 is 2.50 bits per heavy atom. The highest BCUT2D eigenvalue weighted by Gasteiger charge is 2.38. The van der Waals surface area contributed by atoms with Crippen molar-refractivity contribution >= 4 is 35.1 Å². The van der Waals surface area contributed by atoms with E-state index in [2.05, 4.69) is 5.32 Å². The van der Waals surface area contributed by atoms with Gasteiger partial charge in [-0.05, 0) is 42.3 Å². The van der Waals surface area contributed by atoms with Crippen LogP contribution in [0.25, 0.3) is 11.1 Å². The zero-order valence-electron chi connectivity index (χ0n) is 18.7. The van der Waals surface area contributed by atoms with Crippen LogP contribution in [0.3, 0.4) is 0 Å². The summed E-state index contributed by atoms with van der Waals surface area (Å²) in [6, 6.07) is 13.1. The van der Waals surface area contributed by atoms with Gasteiger partial charge >= 0.3 is 6.03 Å². The van der Waals surface area contributed by atoms with Gasteiger partial charge in [0.1, 0.15) is 18.5 Å². The van der Waals surface area contributed by atoms with Gasteiger partial charge in [-0.15, -0.1) is 0 Å². The van der Waals surface area contributed by atoms with E-state index in [4.69, 9.17) is 32.7 Å². The number of fused-ring (bicyclic) bond motifs is 1. The van der Waals surface area contributed by atoms with Gasteiger partial charge in [0.15, 0.2) is 0 Å². The molecule has 0 aliphatic carbocycles. The average molecular weight is 504 g/mol. The number of urea groups is 1. The molecule has 9 heteroatoms. The van der Waals surface area contributed by atoms with Crippen LogP contribution in [0.15, 0.2) is 42.5 Å². The summed E-state index contributed by atoms with van der Waals surface area (Å²) in [5, 5.41) is 4.28. The molecule has 5 rings (SSSR count). The zero-order valence-corrected chi connectivity index (χ0v) is 20.2. The lowest BCUT2D eigenvalue weighted by Crippen LogP contribution is -2.62. The van der Waals surface area contributed by atoms with Crippen molar-refractivity contribution in [2.45, 2.75) is 37.5 Å². The van der Waals surface area contributed by atoms with Crippen LogP contribution < -0.4 is 10.1 Å². The molecule has 3 heterocycles. The largest absolute Gasteiger partial charge is 0.490 e. The molecule has 2 atom stereocenters. The van der Waals surface area contributed by atoms with Crippen molar-refractivity contribution in [3.63, 3.8) is 0 Å². The maximum atomic E-state index is 13.1. The molecule has 3 fully saturated rings. The third-order valence-electron chi connectivity index (χ3n) is 6.70. The summed E-state index contributed by atoms with van der Waals surface area (Å²) in [6.07, 6.45) is 2.27. The number of hydrogen-bond acceptors (Lipinski definition) is 4. The number of piperidine rings is 2. The summed E-state index contributed by atoms with van der Waals surface area (Å²) in [5.41, 5.74) is 1.87. The summed E-state index contributed by atoms with van der Waals surface area (Å²) < 4.78 is 11.8. The fourth-order valence-corrected chi connectivity index (χ4v) is 5.21. The van der Waals surface area contributed by atoms with Crippen LogP contribution in [0.4, 0.5) is 4.79 Å². The average Bonchev–Trinajstić information content (AvgIpc) is 2.85. The fraction of sp³-hybridized carbons (Fsp3) is 0.440. The van der Waals surface area contributed by atoms with E-state index >= 15 is 0 Å². The molecule has 3 aliphatic heterocycles. The van der Waals surface area contributed by atoms with Crippen molar-refractivity contribution in [1.82, 2.24) is 15.1 Å². The van der Waals surface area contributed by atoms with Gasteiger partial charge in [-0.25, -0.2) is 4.79 Å². The van der Waals surface area contributed by atoms with Crippen LogP contribution in [0.2, 0.25) is 10.0 Å². The number of likely N-dealkylation sites (tertiary alicyclic amines) is 2. The minimum Gasteiger partial charge on any atom is -0.490 e. The first-order valence-electron chi connectivity index (χ1n) is 11.6. The van der Waals surface area contributed by atoms with Gasteiger partial charge in [0.05, 0.1) is 12.1 Å². The molecular formula is C25H27Cl2N3O4. The third kappa shape index (κ3) is 5.11. The third-order valence-corrected chi connectivity index (χ3v) is 7.28. The first-order valence-corrected chi connectivity index (χ1v) is 12.4. The maximum Gasteiger partial charge on any atom is 0.320 e. The van der Waals surface area contributed by atoms with E-state index in [0.717, 1.165) is 36.1 Å². The van der Waals surface area contributed by atoms with Crippen molar-refractivity contribution in [2.24, 2.45) is 0 Å². The predicted octanol–water partition coefficient (Wildman–Crippen LogP) is 4.21. The normalized spacial score (nSPS) is 23.3. The Labute approximate surface area is 208 Å². The van der Waals surface area contributed by atoms with Crippen molar-refractivity contribution in [3.05, 3.63) is 52.5 Å². The Balaban J connectivity index is 1.16. The van der Waals surface area contributed by atoms with Gasteiger partial charge in [-0.1, -0.05) is 35.3 Å². The number of morpholine rings is 1. The summed E-state index contributed by atoms with van der Waals surface area (Å²) in [5.74, 6) is 0.643. The number of amides is 3. The SMILES string of the molecule is O=C1COC2CCN(C(=O)N3CCC(Oc4ccc(Cl)c(-c5ccc(Cl)cc5)c4)CC3)CC2N1. The number of rotatable bonds is 3. The van der Waals surface area contributed by atoms with Crippen LogP contribution in [0.5, 0.6) is 5.75 Å². The van der Waals surface area contributed by atoms with E-state index in [9.17, 15) is 9.59 Å². The Morgan fingerprint density at radius 2 is 1.74 bits per heavy atom. The summed E-state index contributed by atoms with van der Waals surface area (Å²) in [6.45, 7) is 2.51. The molecule has 0 saturated carbocycles. The number of halogens is 2. The highest BCUT2D eigenvalue weighted by atomic mass is 35.5. The molecule has 34 heavy (non-hydrogen) atoms. The molecule has 0 bridgehead atoms. The van der Waals surface area contributed by atoms with Crippen LogP contribution in [-0.4, -0.2) is 72.8 Å². The molecule has 1 N–H and O–H groups in total. The Morgan fingerprint density at radius 1 is 1.00 bits per heavy atom. The van der Waals surface area contributed by atoms with Crippen molar-refractivity contribution < 1.29 is 19.1 Å². The molecule has 180 valence electrons. The molecule has 0 spiro atoms. The molecule has 0 radical (unpaired) electrons. The molecule has 2 aromatic carbocycles. The zero-order chi connectivity index (χ0) is 23.7. The smallest absolute Gasteiger partial charge is 0.320 e. The Kier molecular flexibility index (Phi) is 6.86. The van der Waals surface area contributed by atoms with Crippen LogP contribution in [0, 0.1) is 0 Å². The number of carbonyl (C=O) groups excluding carboxylic acids is 2. The predicted molar refractivity (Wildman–Crippen MR) is 130 cm³/mol. The van der Waals surface area contributed by atoms with Crippen molar-refractivity contribution in [3.8, 4) is 16.9 Å². The molecule has 2 aromatic rings. The van der Waals surface area contributed by atoms with Gasteiger partial charge in [-0.2, -0.15) is 0 Å². The lowest BCUT2D eigenvalue weighted by atomic mass is 10.0. The molecule has 3 amide bonds. The van der Waals surface area contributed by atoms with Gasteiger partial charge in [-0.3, -0.25) is 4.79 Å². The monoisotopic (exact) mass is 503 g/mol. The Hall–Kier alpha value is -2.48. The van der Waals surface area contributed by atoms with E-state index in [1.807, 2.05) is 52.3 Å². The van der Waals surface area contributed by atoms with E-state index < -0.39 is 0 Å². The second-order valence-electron chi connectivity index (χ2n) is 8.99. The first-order chi connectivity index (χ1) is 16.5. The molecule has 0 aromatic heterocycles. The second kappa shape index (κ2) is 10.0. The van der Waals surface area contributed by atoms with Gasteiger partial charge in [0.25, 0.3) is 0 Å². The number of ether oxygens (including phenoxy) is 2. The number of benzene rings is 2. The Bertz CT molecular complexity index is 1060. The van der Waals surface area contributed by atoms with E-state index in [1.54, 1.807) is 0 Å². The highest BCUT2D eigenvalue weighted by Crippen LogP contribution is 2.33. The van der Waals surface area contributed by atoms with Gasteiger partial charge < -0.3 is 24.6 Å². The molecule has 3 saturated heterocycles. The first kappa shape index (κ1) is 23.3. The van der Waals surface area contributed by atoms with E-state index in [0.29, 0.717) is 36.2 Å². The summed E-state index contributed by atoms with van der Waals surface area (Å²) in [7, 11) is 0. The van der Waals surface area contributed by atoms with Crippen LogP contribution in [0.1, 0.15) is 19.3 Å². The fourth-order valence-electron chi connectivity index (χ4n) is 4.86. The van der Waals surface area contributed by atoms with Crippen molar-refractivity contribution in [1.29, 1.82) is 0 Å². The minimum atomic E-state index is -0.125. The second-order valence-corrected chi connectivity index (χ2v) is 9.84. The number of hydrogen-bond donors (Lipinski definition) is 1. The van der Waals surface area contributed by atoms with Crippen LogP contribution >= 0.6 is 23.2 Å². The molecular weight excluding hydrogens is 477 g/mol.